The number of benzene rings is 1. The van der Waals surface area contributed by atoms with Crippen molar-refractivity contribution in [2.24, 2.45) is 5.10 Å². The predicted molar refractivity (Wildman–Crippen MR) is 85.8 cm³/mol. The molecule has 23 heavy (non-hydrogen) atoms. The highest BCUT2D eigenvalue weighted by atomic mass is 19.1. The minimum absolute atomic E-state index is 0.153. The highest BCUT2D eigenvalue weighted by molar-refractivity contribution is 5.95. The second-order valence-corrected chi connectivity index (χ2v) is 5.08. The number of hydrazone groups is 1. The van der Waals surface area contributed by atoms with E-state index in [0.717, 1.165) is 29.6 Å². The van der Waals surface area contributed by atoms with Gasteiger partial charge in [-0.25, -0.2) is 9.82 Å². The number of rotatable bonds is 4. The number of carbonyl (C=O) groups excluding carboxylic acids is 1. The van der Waals surface area contributed by atoms with E-state index < -0.39 is 11.7 Å². The fourth-order valence-corrected chi connectivity index (χ4v) is 2.43. The number of carbonyl (C=O) groups is 1. The van der Waals surface area contributed by atoms with E-state index in [0.29, 0.717) is 0 Å². The van der Waals surface area contributed by atoms with Crippen LogP contribution in [0.15, 0.2) is 29.4 Å². The van der Waals surface area contributed by atoms with Gasteiger partial charge in [0.1, 0.15) is 5.82 Å². The molecule has 0 aliphatic carbocycles. The van der Waals surface area contributed by atoms with Gasteiger partial charge in [-0.1, -0.05) is 0 Å². The first kappa shape index (κ1) is 16.4. The van der Waals surface area contributed by atoms with Crippen LogP contribution in [0.3, 0.4) is 0 Å². The molecule has 1 amide bonds. The monoisotopic (exact) mass is 312 g/mol. The number of halogens is 1. The summed E-state index contributed by atoms with van der Waals surface area (Å²) in [6.07, 6.45) is 1.54. The summed E-state index contributed by atoms with van der Waals surface area (Å²) in [5.74, 6) is -1.41. The number of amides is 1. The summed E-state index contributed by atoms with van der Waals surface area (Å²) < 4.78 is 15.9. The third-order valence-electron chi connectivity index (χ3n) is 3.64. The Labute approximate surface area is 134 Å². The first-order valence-electron chi connectivity index (χ1n) is 7.17. The summed E-state index contributed by atoms with van der Waals surface area (Å²) in [5, 5.41) is 12.6. The molecule has 0 unspecified atom stereocenters. The van der Waals surface area contributed by atoms with Crippen molar-refractivity contribution in [2.75, 3.05) is 0 Å². The van der Waals surface area contributed by atoms with Crippen LogP contribution in [0.5, 0.6) is 0 Å². The molecule has 6 heteroatoms. The first-order valence-corrected chi connectivity index (χ1v) is 7.17. The third-order valence-corrected chi connectivity index (χ3v) is 3.64. The molecule has 0 aliphatic heterocycles. The van der Waals surface area contributed by atoms with E-state index in [2.05, 4.69) is 22.0 Å². The smallest absolute Gasteiger partial charge is 0.274 e. The number of nitriles is 1. The summed E-state index contributed by atoms with van der Waals surface area (Å²) in [6.45, 7) is 6.88. The Morgan fingerprint density at radius 1 is 1.43 bits per heavy atom. The minimum atomic E-state index is -0.749. The molecule has 0 saturated carbocycles. The van der Waals surface area contributed by atoms with Crippen molar-refractivity contribution in [3.05, 3.63) is 58.2 Å². The van der Waals surface area contributed by atoms with Gasteiger partial charge in [0.25, 0.3) is 5.91 Å². The second-order valence-electron chi connectivity index (χ2n) is 5.08. The van der Waals surface area contributed by atoms with E-state index in [9.17, 15) is 9.18 Å². The maximum Gasteiger partial charge on any atom is 0.274 e. The quantitative estimate of drug-likeness (QED) is 0.696. The van der Waals surface area contributed by atoms with Gasteiger partial charge in [-0.2, -0.15) is 10.4 Å². The molecule has 0 bridgehead atoms. The number of hydrogen-bond acceptors (Lipinski definition) is 3. The zero-order chi connectivity index (χ0) is 17.0. The van der Waals surface area contributed by atoms with E-state index in [1.165, 1.54) is 18.3 Å². The van der Waals surface area contributed by atoms with Crippen LogP contribution in [0.4, 0.5) is 4.39 Å². The molecule has 0 radical (unpaired) electrons. The van der Waals surface area contributed by atoms with Crippen molar-refractivity contribution in [1.82, 2.24) is 9.99 Å². The lowest BCUT2D eigenvalue weighted by molar-refractivity contribution is 0.0951. The van der Waals surface area contributed by atoms with Gasteiger partial charge in [0.05, 0.1) is 23.4 Å². The van der Waals surface area contributed by atoms with Crippen LogP contribution in [-0.4, -0.2) is 16.7 Å². The number of hydrogen-bond donors (Lipinski definition) is 1. The van der Waals surface area contributed by atoms with Gasteiger partial charge in [0, 0.05) is 23.5 Å². The molecule has 1 heterocycles. The Morgan fingerprint density at radius 3 is 2.74 bits per heavy atom. The summed E-state index contributed by atoms with van der Waals surface area (Å²) in [7, 11) is 0. The van der Waals surface area contributed by atoms with Gasteiger partial charge in [0.15, 0.2) is 0 Å². The molecule has 5 nitrogen and oxygen atoms in total. The highest BCUT2D eigenvalue weighted by Gasteiger charge is 2.11. The Morgan fingerprint density at radius 2 is 2.17 bits per heavy atom. The average Bonchev–Trinajstić information content (AvgIpc) is 2.80. The van der Waals surface area contributed by atoms with Crippen LogP contribution in [0.25, 0.3) is 0 Å². The third kappa shape index (κ3) is 3.46. The Kier molecular flexibility index (Phi) is 4.91. The Hall–Kier alpha value is -2.94. The maximum absolute atomic E-state index is 13.7. The van der Waals surface area contributed by atoms with Crippen LogP contribution < -0.4 is 5.43 Å². The zero-order valence-electron chi connectivity index (χ0n) is 13.2. The topological polar surface area (TPSA) is 70.2 Å². The maximum atomic E-state index is 13.7. The lowest BCUT2D eigenvalue weighted by Crippen LogP contribution is -2.19. The largest absolute Gasteiger partial charge is 0.349 e. The molecule has 1 aromatic carbocycles. The molecular weight excluding hydrogens is 295 g/mol. The van der Waals surface area contributed by atoms with Gasteiger partial charge >= 0.3 is 0 Å². The summed E-state index contributed by atoms with van der Waals surface area (Å²) >= 11 is 0. The molecule has 0 atom stereocenters. The molecule has 1 N–H and O–H groups in total. The molecule has 1 aromatic heterocycles. The first-order chi connectivity index (χ1) is 11.0. The van der Waals surface area contributed by atoms with Gasteiger partial charge in [-0.05, 0) is 45.0 Å². The molecule has 0 aliphatic rings. The van der Waals surface area contributed by atoms with Crippen molar-refractivity contribution < 1.29 is 9.18 Å². The lowest BCUT2D eigenvalue weighted by atomic mass is 10.1. The minimum Gasteiger partial charge on any atom is -0.349 e. The molecule has 0 fully saturated rings. The van der Waals surface area contributed by atoms with Crippen molar-refractivity contribution in [3.8, 4) is 6.07 Å². The Bertz CT molecular complexity index is 815. The van der Waals surface area contributed by atoms with Crippen LogP contribution in [0.2, 0.25) is 0 Å². The van der Waals surface area contributed by atoms with Crippen LogP contribution in [0, 0.1) is 31.0 Å². The lowest BCUT2D eigenvalue weighted by Gasteiger charge is -2.04. The Balaban J connectivity index is 2.12. The summed E-state index contributed by atoms with van der Waals surface area (Å²) in [4.78, 5) is 11.9. The second kappa shape index (κ2) is 6.88. The van der Waals surface area contributed by atoms with Crippen molar-refractivity contribution in [1.29, 1.82) is 5.26 Å². The van der Waals surface area contributed by atoms with Crippen LogP contribution in [0.1, 0.15) is 39.8 Å². The molecule has 0 saturated heterocycles. The van der Waals surface area contributed by atoms with Gasteiger partial charge in [-0.15, -0.1) is 0 Å². The summed E-state index contributed by atoms with van der Waals surface area (Å²) in [6, 6.07) is 7.46. The SMILES string of the molecule is CCn1c(C)cc(C=NNC(=O)c2ccc(C#N)cc2F)c1C. The zero-order valence-corrected chi connectivity index (χ0v) is 13.2. The molecule has 2 aromatic rings. The van der Waals surface area contributed by atoms with E-state index >= 15 is 0 Å². The van der Waals surface area contributed by atoms with Gasteiger partial charge in [0.2, 0.25) is 0 Å². The number of nitrogens with zero attached hydrogens (tertiary/aromatic N) is 3. The predicted octanol–water partition coefficient (Wildman–Crippen LogP) is 2.90. The normalized spacial score (nSPS) is 10.7. The van der Waals surface area contributed by atoms with Gasteiger partial charge < -0.3 is 4.57 Å². The summed E-state index contributed by atoms with van der Waals surface area (Å²) in [5.41, 5.74) is 5.36. The standard InChI is InChI=1S/C17H17FN4O/c1-4-22-11(2)7-14(12(22)3)10-20-21-17(23)15-6-5-13(9-19)8-16(15)18/h5-8,10H,4H2,1-3H3,(H,21,23). The highest BCUT2D eigenvalue weighted by Crippen LogP contribution is 2.13. The average molecular weight is 312 g/mol. The van der Waals surface area contributed by atoms with E-state index in [1.807, 2.05) is 26.0 Å². The van der Waals surface area contributed by atoms with Gasteiger partial charge in [-0.3, -0.25) is 4.79 Å². The van der Waals surface area contributed by atoms with E-state index in [-0.39, 0.29) is 11.1 Å². The van der Waals surface area contributed by atoms with Crippen molar-refractivity contribution in [2.45, 2.75) is 27.3 Å². The molecule has 118 valence electrons. The number of aromatic nitrogens is 1. The molecule has 0 spiro atoms. The fraction of sp³-hybridized carbons (Fsp3) is 0.235. The van der Waals surface area contributed by atoms with Crippen LogP contribution >= 0.6 is 0 Å². The number of aryl methyl sites for hydroxylation is 1. The van der Waals surface area contributed by atoms with E-state index in [4.69, 9.17) is 5.26 Å². The molecular formula is C17H17FN4O. The van der Waals surface area contributed by atoms with Crippen molar-refractivity contribution in [3.63, 3.8) is 0 Å². The van der Waals surface area contributed by atoms with Crippen molar-refractivity contribution >= 4 is 12.1 Å². The van der Waals surface area contributed by atoms with Crippen LogP contribution in [-0.2, 0) is 6.54 Å². The van der Waals surface area contributed by atoms with E-state index in [1.54, 1.807) is 0 Å². The number of nitrogens with one attached hydrogen (secondary N) is 1. The fourth-order valence-electron chi connectivity index (χ4n) is 2.43. The molecule has 2 rings (SSSR count).